The molecular formula is C18H11N. The molecule has 0 N–H and O–H groups in total. The second kappa shape index (κ2) is 3.94. The number of fused-ring (bicyclic) bond motifs is 6. The quantitative estimate of drug-likeness (QED) is 0.497. The van der Waals surface area contributed by atoms with Crippen molar-refractivity contribution in [2.24, 2.45) is 4.99 Å². The van der Waals surface area contributed by atoms with Gasteiger partial charge < -0.3 is 0 Å². The van der Waals surface area contributed by atoms with Crippen molar-refractivity contribution in [1.82, 2.24) is 0 Å². The van der Waals surface area contributed by atoms with Crippen LogP contribution in [0.5, 0.6) is 0 Å². The molecule has 0 spiro atoms. The summed E-state index contributed by atoms with van der Waals surface area (Å²) in [5.41, 5.74) is 2.19. The van der Waals surface area contributed by atoms with Crippen molar-refractivity contribution in [2.45, 2.75) is 0 Å². The monoisotopic (exact) mass is 241 g/mol. The third kappa shape index (κ3) is 1.46. The van der Waals surface area contributed by atoms with Gasteiger partial charge in [-0.05, 0) is 28.1 Å². The number of nitrogens with zero attached hydrogens (tertiary/aromatic N) is 1. The Balaban J connectivity index is 2.36. The van der Waals surface area contributed by atoms with Gasteiger partial charge in [0.25, 0.3) is 0 Å². The van der Waals surface area contributed by atoms with Crippen LogP contribution in [0.2, 0.25) is 0 Å². The van der Waals surface area contributed by atoms with Gasteiger partial charge in [-0.3, -0.25) is 0 Å². The Labute approximate surface area is 111 Å². The standard InChI is InChI=1S/C18H11N/c1-2-8-15-13(7-1)14-9-3-4-10-16(14)18-17(15)11-5-6-12-19-18/h1-11H. The van der Waals surface area contributed by atoms with Crippen LogP contribution >= 0.6 is 0 Å². The van der Waals surface area contributed by atoms with Crippen molar-refractivity contribution >= 4 is 39.2 Å². The summed E-state index contributed by atoms with van der Waals surface area (Å²) < 4.78 is 0. The molecule has 1 nitrogen and oxygen atoms in total. The fourth-order valence-electron chi connectivity index (χ4n) is 2.73. The fourth-order valence-corrected chi connectivity index (χ4v) is 2.73. The first-order chi connectivity index (χ1) is 9.45. The van der Waals surface area contributed by atoms with E-state index in [2.05, 4.69) is 65.5 Å². The summed E-state index contributed by atoms with van der Waals surface area (Å²) in [5, 5.41) is 4.95. The molecule has 0 aliphatic carbocycles. The predicted octanol–water partition coefficient (Wildman–Crippen LogP) is 4.88. The lowest BCUT2D eigenvalue weighted by molar-refractivity contribution is 1.59. The normalized spacial score (nSPS) is 12.8. The van der Waals surface area contributed by atoms with Gasteiger partial charge in [-0.2, -0.15) is 0 Å². The van der Waals surface area contributed by atoms with Gasteiger partial charge in [0.1, 0.15) is 0 Å². The first-order valence-electron chi connectivity index (χ1n) is 6.35. The maximum Gasteiger partial charge on any atom is 0.0886 e. The van der Waals surface area contributed by atoms with E-state index in [1.807, 2.05) is 12.2 Å². The summed E-state index contributed by atoms with van der Waals surface area (Å²) in [4.78, 5) is 4.50. The van der Waals surface area contributed by atoms with Crippen LogP contribution in [0.4, 0.5) is 5.69 Å². The smallest absolute Gasteiger partial charge is 0.0886 e. The highest BCUT2D eigenvalue weighted by Crippen LogP contribution is 2.39. The number of hydrogen-bond acceptors (Lipinski definition) is 1. The third-order valence-corrected chi connectivity index (χ3v) is 3.55. The van der Waals surface area contributed by atoms with E-state index in [-0.39, 0.29) is 0 Å². The largest absolute Gasteiger partial charge is 0.205 e. The molecule has 0 saturated heterocycles. The van der Waals surface area contributed by atoms with E-state index < -0.39 is 0 Å². The van der Waals surface area contributed by atoms with Crippen LogP contribution in [0.1, 0.15) is 5.56 Å². The molecule has 19 heavy (non-hydrogen) atoms. The fraction of sp³-hybridized carbons (Fsp3) is 0. The van der Waals surface area contributed by atoms with Gasteiger partial charge in [0.15, 0.2) is 0 Å². The maximum absolute atomic E-state index is 4.50. The molecule has 1 aliphatic rings. The van der Waals surface area contributed by atoms with Crippen molar-refractivity contribution < 1.29 is 0 Å². The topological polar surface area (TPSA) is 12.4 Å². The van der Waals surface area contributed by atoms with E-state index in [4.69, 9.17) is 0 Å². The molecule has 4 rings (SSSR count). The summed E-state index contributed by atoms with van der Waals surface area (Å²) >= 11 is 0. The van der Waals surface area contributed by atoms with Crippen molar-refractivity contribution in [3.63, 3.8) is 0 Å². The Kier molecular flexibility index (Phi) is 2.14. The Hall–Kier alpha value is -2.63. The summed E-state index contributed by atoms with van der Waals surface area (Å²) in [5.74, 6) is 2.97. The van der Waals surface area contributed by atoms with Crippen molar-refractivity contribution in [2.75, 3.05) is 0 Å². The number of benzene rings is 3. The highest BCUT2D eigenvalue weighted by atomic mass is 14.7. The van der Waals surface area contributed by atoms with Gasteiger partial charge in [0.05, 0.1) is 5.69 Å². The number of aliphatic imine (C=N–C) groups is 1. The zero-order valence-electron chi connectivity index (χ0n) is 10.3. The second-order valence-corrected chi connectivity index (χ2v) is 4.62. The first kappa shape index (κ1) is 10.3. The first-order valence-corrected chi connectivity index (χ1v) is 6.35. The molecule has 0 atom stereocenters. The zero-order valence-corrected chi connectivity index (χ0v) is 10.3. The molecule has 1 heteroatoms. The molecule has 0 aromatic heterocycles. The molecule has 0 radical (unpaired) electrons. The molecule has 0 amide bonds. The minimum Gasteiger partial charge on any atom is -0.205 e. The maximum atomic E-state index is 4.50. The number of hydrogen-bond donors (Lipinski definition) is 0. The minimum atomic E-state index is 1.01. The lowest BCUT2D eigenvalue weighted by atomic mass is 9.95. The molecule has 0 bridgehead atoms. The summed E-state index contributed by atoms with van der Waals surface area (Å²) in [6.45, 7) is 0. The summed E-state index contributed by atoms with van der Waals surface area (Å²) in [6, 6.07) is 16.9. The highest BCUT2D eigenvalue weighted by Gasteiger charge is 2.11. The van der Waals surface area contributed by atoms with Crippen LogP contribution < -0.4 is 0 Å². The van der Waals surface area contributed by atoms with E-state index in [1.54, 1.807) is 0 Å². The van der Waals surface area contributed by atoms with E-state index in [1.165, 1.54) is 27.1 Å². The molecule has 3 aromatic carbocycles. The van der Waals surface area contributed by atoms with E-state index in [0.717, 1.165) is 5.69 Å². The average molecular weight is 241 g/mol. The number of allylic oxidation sites excluding steroid dienone is 2. The molecular weight excluding hydrogens is 230 g/mol. The van der Waals surface area contributed by atoms with E-state index >= 15 is 0 Å². The Bertz CT molecular complexity index is 894. The average Bonchev–Trinajstić information content (AvgIpc) is 2.73. The Morgan fingerprint density at radius 2 is 1.37 bits per heavy atom. The zero-order chi connectivity index (χ0) is 12.7. The molecule has 3 aromatic rings. The molecule has 0 fully saturated rings. The van der Waals surface area contributed by atoms with Crippen LogP contribution in [0, 0.1) is 0 Å². The van der Waals surface area contributed by atoms with Gasteiger partial charge in [-0.15, -0.1) is 0 Å². The van der Waals surface area contributed by atoms with Gasteiger partial charge in [0, 0.05) is 10.9 Å². The molecule has 88 valence electrons. The van der Waals surface area contributed by atoms with Crippen LogP contribution in [-0.4, -0.2) is 5.87 Å². The molecule has 0 unspecified atom stereocenters. The van der Waals surface area contributed by atoms with E-state index in [9.17, 15) is 0 Å². The lowest BCUT2D eigenvalue weighted by Gasteiger charge is -2.11. The van der Waals surface area contributed by atoms with Crippen molar-refractivity contribution in [1.29, 1.82) is 0 Å². The van der Waals surface area contributed by atoms with Crippen LogP contribution in [0.15, 0.2) is 65.7 Å². The lowest BCUT2D eigenvalue weighted by Crippen LogP contribution is -1.84. The van der Waals surface area contributed by atoms with Crippen LogP contribution in [0.3, 0.4) is 0 Å². The van der Waals surface area contributed by atoms with Gasteiger partial charge in [-0.25, -0.2) is 4.99 Å². The summed E-state index contributed by atoms with van der Waals surface area (Å²) in [7, 11) is 0. The van der Waals surface area contributed by atoms with Crippen LogP contribution in [-0.2, 0) is 0 Å². The molecule has 1 aliphatic heterocycles. The minimum absolute atomic E-state index is 1.01. The molecule has 0 saturated carbocycles. The Morgan fingerprint density at radius 3 is 2.16 bits per heavy atom. The van der Waals surface area contributed by atoms with E-state index in [0.29, 0.717) is 0 Å². The van der Waals surface area contributed by atoms with Crippen molar-refractivity contribution in [3.8, 4) is 0 Å². The number of rotatable bonds is 0. The predicted molar refractivity (Wildman–Crippen MR) is 82.2 cm³/mol. The second-order valence-electron chi connectivity index (χ2n) is 4.62. The Morgan fingerprint density at radius 1 is 0.737 bits per heavy atom. The SMILES string of the molecule is C1=CC=Cc2c(c3ccccc3c3ccccc23)N=1. The van der Waals surface area contributed by atoms with Gasteiger partial charge in [0.2, 0.25) is 0 Å². The van der Waals surface area contributed by atoms with Crippen molar-refractivity contribution in [3.05, 3.63) is 66.2 Å². The highest BCUT2D eigenvalue weighted by molar-refractivity contribution is 6.17. The van der Waals surface area contributed by atoms with Gasteiger partial charge >= 0.3 is 0 Å². The van der Waals surface area contributed by atoms with Crippen LogP contribution in [0.25, 0.3) is 27.6 Å². The summed E-state index contributed by atoms with van der Waals surface area (Å²) in [6.07, 6.45) is 5.97. The molecule has 1 heterocycles. The van der Waals surface area contributed by atoms with Gasteiger partial charge in [-0.1, -0.05) is 60.7 Å². The third-order valence-electron chi connectivity index (χ3n) is 3.55.